The second kappa shape index (κ2) is 9.39. The van der Waals surface area contributed by atoms with Gasteiger partial charge in [-0.05, 0) is 68.8 Å². The molecule has 3 amide bonds. The van der Waals surface area contributed by atoms with Gasteiger partial charge in [-0.25, -0.2) is 0 Å². The van der Waals surface area contributed by atoms with Crippen LogP contribution in [0.5, 0.6) is 0 Å². The molecule has 9 nitrogen and oxygen atoms in total. The number of nitrogens with zero attached hydrogens (tertiary/aromatic N) is 2. The van der Waals surface area contributed by atoms with Crippen molar-refractivity contribution in [3.05, 3.63) is 48.0 Å². The molecule has 0 saturated carbocycles. The molecule has 0 radical (unpaired) electrons. The van der Waals surface area contributed by atoms with Crippen LogP contribution in [-0.4, -0.2) is 33.9 Å². The van der Waals surface area contributed by atoms with Gasteiger partial charge in [-0.1, -0.05) is 15.9 Å². The molecule has 3 rings (SSSR count). The highest BCUT2D eigenvalue weighted by Crippen LogP contribution is 2.26. The first-order valence-electron chi connectivity index (χ1n) is 9.78. The fraction of sp³-hybridized carbons (Fsp3) is 0.273. The van der Waals surface area contributed by atoms with E-state index in [1.165, 1.54) is 6.92 Å². The minimum Gasteiger partial charge on any atom is -0.326 e. The van der Waals surface area contributed by atoms with Crippen LogP contribution in [0.1, 0.15) is 26.3 Å². The average molecular weight is 500 g/mol. The van der Waals surface area contributed by atoms with E-state index in [2.05, 4.69) is 42.1 Å². The topological polar surface area (TPSA) is 129 Å². The van der Waals surface area contributed by atoms with Crippen molar-refractivity contribution in [3.63, 3.8) is 0 Å². The SMILES string of the molecule is CC(=O)C(N=Nc1ccc(NC(=O)C(C)(C)Br)cc1)C(=O)Nc1ccc2c(c1)CC(=O)N2. The lowest BCUT2D eigenvalue weighted by Crippen LogP contribution is -2.31. The Balaban J connectivity index is 1.66. The first-order chi connectivity index (χ1) is 15.0. The van der Waals surface area contributed by atoms with Crippen LogP contribution in [0.25, 0.3) is 0 Å². The standard InChI is InChI=1S/C22H22BrN5O4/c1-12(29)19(20(31)24-16-8-9-17-13(10-16)11-18(30)26-17)28-27-15-6-4-14(5-7-15)25-21(32)22(2,3)23/h4-10,19H,11H2,1-3H3,(H,24,31)(H,25,32)(H,26,30). The molecule has 1 heterocycles. The summed E-state index contributed by atoms with van der Waals surface area (Å²) in [5.41, 5.74) is 2.93. The molecule has 0 aliphatic carbocycles. The molecule has 166 valence electrons. The van der Waals surface area contributed by atoms with E-state index in [1.54, 1.807) is 56.3 Å². The number of hydrogen-bond donors (Lipinski definition) is 3. The number of nitrogens with one attached hydrogen (secondary N) is 3. The second-order valence-electron chi connectivity index (χ2n) is 7.79. The van der Waals surface area contributed by atoms with Crippen molar-refractivity contribution in [1.82, 2.24) is 0 Å². The van der Waals surface area contributed by atoms with E-state index in [-0.39, 0.29) is 18.2 Å². The number of rotatable bonds is 7. The van der Waals surface area contributed by atoms with Crippen LogP contribution < -0.4 is 16.0 Å². The van der Waals surface area contributed by atoms with Crippen molar-refractivity contribution in [1.29, 1.82) is 0 Å². The quantitative estimate of drug-likeness (QED) is 0.302. The zero-order valence-electron chi connectivity index (χ0n) is 17.7. The minimum atomic E-state index is -1.32. The molecule has 1 unspecified atom stereocenters. The Morgan fingerprint density at radius 1 is 1.06 bits per heavy atom. The van der Waals surface area contributed by atoms with E-state index in [0.717, 1.165) is 5.56 Å². The highest BCUT2D eigenvalue weighted by atomic mass is 79.9. The van der Waals surface area contributed by atoms with E-state index in [0.29, 0.717) is 22.7 Å². The Kier molecular flexibility index (Phi) is 6.83. The molecule has 32 heavy (non-hydrogen) atoms. The van der Waals surface area contributed by atoms with Gasteiger partial charge in [0.2, 0.25) is 17.9 Å². The Bertz CT molecular complexity index is 1110. The number of azo groups is 1. The maximum atomic E-state index is 12.6. The van der Waals surface area contributed by atoms with Gasteiger partial charge in [0.1, 0.15) is 0 Å². The summed E-state index contributed by atoms with van der Waals surface area (Å²) in [6.07, 6.45) is 0.235. The van der Waals surface area contributed by atoms with Gasteiger partial charge >= 0.3 is 0 Å². The van der Waals surface area contributed by atoms with Gasteiger partial charge in [0.15, 0.2) is 5.78 Å². The predicted molar refractivity (Wildman–Crippen MR) is 124 cm³/mol. The van der Waals surface area contributed by atoms with Crippen molar-refractivity contribution < 1.29 is 19.2 Å². The summed E-state index contributed by atoms with van der Waals surface area (Å²) in [6.45, 7) is 4.73. The fourth-order valence-electron chi connectivity index (χ4n) is 2.85. The zero-order valence-corrected chi connectivity index (χ0v) is 19.3. The number of Topliss-reactive ketones (excluding diaryl/α,β-unsaturated/α-hetero) is 1. The molecule has 0 saturated heterocycles. The Labute approximate surface area is 193 Å². The van der Waals surface area contributed by atoms with Gasteiger partial charge in [-0.15, -0.1) is 0 Å². The molecule has 0 fully saturated rings. The van der Waals surface area contributed by atoms with E-state index in [1.807, 2.05) is 0 Å². The summed E-state index contributed by atoms with van der Waals surface area (Å²) >= 11 is 3.29. The monoisotopic (exact) mass is 499 g/mol. The van der Waals surface area contributed by atoms with Crippen LogP contribution in [0.4, 0.5) is 22.7 Å². The van der Waals surface area contributed by atoms with Gasteiger partial charge in [0.25, 0.3) is 5.91 Å². The van der Waals surface area contributed by atoms with Gasteiger partial charge < -0.3 is 16.0 Å². The Morgan fingerprint density at radius 2 is 1.72 bits per heavy atom. The highest BCUT2D eigenvalue weighted by molar-refractivity contribution is 9.10. The molecule has 2 aromatic rings. The van der Waals surface area contributed by atoms with Crippen LogP contribution in [0, 0.1) is 0 Å². The Hall–Kier alpha value is -3.40. The number of carbonyl (C=O) groups excluding carboxylic acids is 4. The van der Waals surface area contributed by atoms with Gasteiger partial charge in [0, 0.05) is 17.1 Å². The summed E-state index contributed by atoms with van der Waals surface area (Å²) in [7, 11) is 0. The van der Waals surface area contributed by atoms with E-state index in [4.69, 9.17) is 0 Å². The third kappa shape index (κ3) is 5.85. The van der Waals surface area contributed by atoms with Crippen LogP contribution in [0.3, 0.4) is 0 Å². The molecule has 0 bridgehead atoms. The summed E-state index contributed by atoms with van der Waals surface area (Å²) in [6, 6.07) is 10.2. The number of ketones is 1. The molecule has 2 aromatic carbocycles. The zero-order chi connectivity index (χ0) is 23.5. The largest absolute Gasteiger partial charge is 0.326 e. The number of hydrogen-bond acceptors (Lipinski definition) is 6. The van der Waals surface area contributed by atoms with Crippen molar-refractivity contribution in [3.8, 4) is 0 Å². The minimum absolute atomic E-state index is 0.111. The number of fused-ring (bicyclic) bond motifs is 1. The molecule has 3 N–H and O–H groups in total. The van der Waals surface area contributed by atoms with Crippen LogP contribution in [0.15, 0.2) is 52.7 Å². The van der Waals surface area contributed by atoms with E-state index >= 15 is 0 Å². The van der Waals surface area contributed by atoms with Crippen molar-refractivity contribution >= 4 is 62.2 Å². The average Bonchev–Trinajstić information content (AvgIpc) is 3.07. The lowest BCUT2D eigenvalue weighted by Gasteiger charge is -2.15. The molecular formula is C22H22BrN5O4. The summed E-state index contributed by atoms with van der Waals surface area (Å²) in [4.78, 5) is 48.0. The maximum absolute atomic E-state index is 12.6. The molecule has 10 heteroatoms. The molecule has 1 aliphatic heterocycles. The van der Waals surface area contributed by atoms with Gasteiger partial charge in [-0.2, -0.15) is 10.2 Å². The molecule has 1 aliphatic rings. The number of amides is 3. The van der Waals surface area contributed by atoms with Crippen molar-refractivity contribution in [2.75, 3.05) is 16.0 Å². The fourth-order valence-corrected chi connectivity index (χ4v) is 2.95. The molecular weight excluding hydrogens is 478 g/mol. The molecule has 0 aromatic heterocycles. The third-order valence-electron chi connectivity index (χ3n) is 4.59. The van der Waals surface area contributed by atoms with Crippen LogP contribution in [0.2, 0.25) is 0 Å². The third-order valence-corrected chi connectivity index (χ3v) is 4.95. The van der Waals surface area contributed by atoms with Crippen molar-refractivity contribution in [2.45, 2.75) is 37.6 Å². The number of halogens is 1. The number of alkyl halides is 1. The molecule has 0 spiro atoms. The van der Waals surface area contributed by atoms with Gasteiger partial charge in [-0.3, -0.25) is 19.2 Å². The second-order valence-corrected chi connectivity index (χ2v) is 9.77. The van der Waals surface area contributed by atoms with Crippen molar-refractivity contribution in [2.24, 2.45) is 10.2 Å². The summed E-state index contributed by atoms with van der Waals surface area (Å²) in [5, 5.41) is 16.0. The van der Waals surface area contributed by atoms with E-state index in [9.17, 15) is 19.2 Å². The first-order valence-corrected chi connectivity index (χ1v) is 10.6. The summed E-state index contributed by atoms with van der Waals surface area (Å²) < 4.78 is -0.710. The summed E-state index contributed by atoms with van der Waals surface area (Å²) in [5.74, 6) is -1.40. The lowest BCUT2D eigenvalue weighted by atomic mass is 10.1. The maximum Gasteiger partial charge on any atom is 0.258 e. The normalized spacial score (nSPS) is 13.9. The van der Waals surface area contributed by atoms with Gasteiger partial charge in [0.05, 0.1) is 16.4 Å². The first kappa shape index (κ1) is 23.3. The molecule has 1 atom stereocenters. The lowest BCUT2D eigenvalue weighted by molar-refractivity contribution is -0.126. The van der Waals surface area contributed by atoms with E-state index < -0.39 is 22.1 Å². The number of carbonyl (C=O) groups is 4. The smallest absolute Gasteiger partial charge is 0.258 e. The number of anilines is 3. The van der Waals surface area contributed by atoms with Crippen LogP contribution >= 0.6 is 15.9 Å². The number of benzene rings is 2. The van der Waals surface area contributed by atoms with Crippen LogP contribution in [-0.2, 0) is 25.6 Å². The Morgan fingerprint density at radius 3 is 2.34 bits per heavy atom. The highest BCUT2D eigenvalue weighted by Gasteiger charge is 2.25. The predicted octanol–water partition coefficient (Wildman–Crippen LogP) is 3.97.